The van der Waals surface area contributed by atoms with Crippen molar-refractivity contribution in [3.05, 3.63) is 121 Å². The minimum atomic E-state index is -0.359. The van der Waals surface area contributed by atoms with Crippen molar-refractivity contribution in [1.29, 1.82) is 0 Å². The number of benzene rings is 4. The van der Waals surface area contributed by atoms with Crippen LogP contribution in [0.2, 0.25) is 0 Å². The summed E-state index contributed by atoms with van der Waals surface area (Å²) >= 11 is 0.598. The van der Waals surface area contributed by atoms with E-state index in [1.165, 1.54) is 21.2 Å². The molecule has 150 valence electrons. The van der Waals surface area contributed by atoms with E-state index in [0.29, 0.717) is 17.0 Å². The summed E-state index contributed by atoms with van der Waals surface area (Å²) in [7, 11) is 0. The van der Waals surface area contributed by atoms with Gasteiger partial charge in [-0.05, 0) is 0 Å². The second-order valence-corrected chi connectivity index (χ2v) is 16.5. The summed E-state index contributed by atoms with van der Waals surface area (Å²) in [5.41, 5.74) is 0. The summed E-state index contributed by atoms with van der Waals surface area (Å²) in [4.78, 5) is 0. The standard InChI is InChI=1S/2C12H10P.C2H6.Pd/c2*1-3-7-11(8-4-1)13-12-9-5-2-6-10-12;1-2;/h2*1-10H;1-2H3;/q2*-1;;+2. The molecule has 0 saturated heterocycles. The van der Waals surface area contributed by atoms with E-state index >= 15 is 0 Å². The molecule has 0 bridgehead atoms. The van der Waals surface area contributed by atoms with Crippen molar-refractivity contribution in [2.45, 2.75) is 13.8 Å². The molecule has 0 radical (unpaired) electrons. The van der Waals surface area contributed by atoms with Crippen molar-refractivity contribution in [1.82, 2.24) is 0 Å². The van der Waals surface area contributed by atoms with Crippen LogP contribution in [0.1, 0.15) is 13.8 Å². The van der Waals surface area contributed by atoms with Crippen LogP contribution in [0, 0.1) is 0 Å². The van der Waals surface area contributed by atoms with Crippen LogP contribution in [-0.4, -0.2) is 0 Å². The van der Waals surface area contributed by atoms with E-state index in [1.54, 1.807) is 0 Å². The molecule has 0 aliphatic rings. The maximum absolute atomic E-state index is 2.31. The molecule has 0 amide bonds. The Labute approximate surface area is 185 Å². The third kappa shape index (κ3) is 6.19. The molecule has 29 heavy (non-hydrogen) atoms. The molecule has 3 heteroatoms. The fourth-order valence-corrected chi connectivity index (χ4v) is 18.7. The van der Waals surface area contributed by atoms with E-state index in [0.717, 1.165) is 0 Å². The van der Waals surface area contributed by atoms with Gasteiger partial charge in [0, 0.05) is 0 Å². The summed E-state index contributed by atoms with van der Waals surface area (Å²) in [6.45, 7) is 4.00. The van der Waals surface area contributed by atoms with Crippen LogP contribution in [0.4, 0.5) is 0 Å². The molecule has 4 rings (SSSR count). The average molecular weight is 507 g/mol. The van der Waals surface area contributed by atoms with Gasteiger partial charge < -0.3 is 0 Å². The second kappa shape index (κ2) is 12.2. The van der Waals surface area contributed by atoms with E-state index in [-0.39, 0.29) is 12.2 Å². The van der Waals surface area contributed by atoms with Gasteiger partial charge in [-0.2, -0.15) is 0 Å². The van der Waals surface area contributed by atoms with Gasteiger partial charge >= 0.3 is 172 Å². The first-order chi connectivity index (χ1) is 14.4. The minimum absolute atomic E-state index is 0.359. The molecule has 0 aliphatic heterocycles. The monoisotopic (exact) mass is 506 g/mol. The second-order valence-electron chi connectivity index (χ2n) is 5.91. The van der Waals surface area contributed by atoms with Gasteiger partial charge in [0.1, 0.15) is 0 Å². The Morgan fingerprint density at radius 1 is 0.379 bits per heavy atom. The SMILES string of the molecule is CC.c1ccc([P]([Pd][P](c2ccccc2)c2ccccc2)c2ccccc2)cc1. The van der Waals surface area contributed by atoms with E-state index in [9.17, 15) is 0 Å². The van der Waals surface area contributed by atoms with Crippen LogP contribution in [0.5, 0.6) is 0 Å². The third-order valence-electron chi connectivity index (χ3n) is 3.99. The van der Waals surface area contributed by atoms with Gasteiger partial charge in [0.25, 0.3) is 0 Å². The predicted molar refractivity (Wildman–Crippen MR) is 129 cm³/mol. The van der Waals surface area contributed by atoms with Crippen LogP contribution < -0.4 is 21.2 Å². The van der Waals surface area contributed by atoms with Crippen LogP contribution in [0.15, 0.2) is 121 Å². The van der Waals surface area contributed by atoms with Crippen molar-refractivity contribution in [2.24, 2.45) is 0 Å². The van der Waals surface area contributed by atoms with Crippen LogP contribution in [0.3, 0.4) is 0 Å². The van der Waals surface area contributed by atoms with Gasteiger partial charge in [0.15, 0.2) is 0 Å². The number of hydrogen-bond acceptors (Lipinski definition) is 0. The van der Waals surface area contributed by atoms with Crippen LogP contribution >= 0.6 is 12.2 Å². The first kappa shape index (κ1) is 22.1. The zero-order valence-corrected chi connectivity index (χ0v) is 20.1. The fraction of sp³-hybridized carbons (Fsp3) is 0.0769. The van der Waals surface area contributed by atoms with E-state index in [4.69, 9.17) is 0 Å². The normalized spacial score (nSPS) is 10.6. The Morgan fingerprint density at radius 3 is 0.793 bits per heavy atom. The maximum atomic E-state index is 2.31. The van der Waals surface area contributed by atoms with Crippen molar-refractivity contribution < 1.29 is 17.0 Å². The fourth-order valence-electron chi connectivity index (χ4n) is 2.71. The molecule has 0 nitrogen and oxygen atoms in total. The molecular weight excluding hydrogens is 481 g/mol. The van der Waals surface area contributed by atoms with Gasteiger partial charge in [-0.3, -0.25) is 0 Å². The average Bonchev–Trinajstić information content (AvgIpc) is 2.83. The first-order valence-electron chi connectivity index (χ1n) is 9.82. The molecule has 4 aromatic rings. The van der Waals surface area contributed by atoms with E-state index < -0.39 is 0 Å². The third-order valence-corrected chi connectivity index (χ3v) is 18.3. The molecule has 0 N–H and O–H groups in total. The molecule has 0 aliphatic carbocycles. The molecular formula is C26H26P2Pd. The Kier molecular flexibility index (Phi) is 9.28. The summed E-state index contributed by atoms with van der Waals surface area (Å²) in [6, 6.07) is 44.3. The van der Waals surface area contributed by atoms with Gasteiger partial charge in [-0.25, -0.2) is 0 Å². The summed E-state index contributed by atoms with van der Waals surface area (Å²) in [5.74, 6) is 0. The van der Waals surface area contributed by atoms with Crippen molar-refractivity contribution in [3.63, 3.8) is 0 Å². The molecule has 0 fully saturated rings. The molecule has 0 atom stereocenters. The molecule has 0 aromatic heterocycles. The van der Waals surface area contributed by atoms with Crippen LogP contribution in [-0.2, 0) is 17.0 Å². The van der Waals surface area contributed by atoms with E-state index in [2.05, 4.69) is 121 Å². The Morgan fingerprint density at radius 2 is 0.586 bits per heavy atom. The number of hydrogen-bond donors (Lipinski definition) is 0. The van der Waals surface area contributed by atoms with Crippen LogP contribution in [0.25, 0.3) is 0 Å². The predicted octanol–water partition coefficient (Wildman–Crippen LogP) is 6.19. The molecule has 4 aromatic carbocycles. The van der Waals surface area contributed by atoms with Gasteiger partial charge in [0.2, 0.25) is 0 Å². The Hall–Kier alpha value is -1.60. The Balaban J connectivity index is 0.00000117. The Bertz CT molecular complexity index is 785. The van der Waals surface area contributed by atoms with Gasteiger partial charge in [-0.15, -0.1) is 0 Å². The quantitative estimate of drug-likeness (QED) is 0.216. The summed E-state index contributed by atoms with van der Waals surface area (Å²) in [5, 5.41) is 5.92. The van der Waals surface area contributed by atoms with Gasteiger partial charge in [-0.1, -0.05) is 13.8 Å². The first-order valence-corrected chi connectivity index (χ1v) is 16.3. The van der Waals surface area contributed by atoms with Crippen molar-refractivity contribution in [2.75, 3.05) is 0 Å². The van der Waals surface area contributed by atoms with E-state index in [1.807, 2.05) is 13.8 Å². The zero-order chi connectivity index (χ0) is 20.3. The van der Waals surface area contributed by atoms with Crippen molar-refractivity contribution in [3.8, 4) is 0 Å². The summed E-state index contributed by atoms with van der Waals surface area (Å²) < 4.78 is 0. The van der Waals surface area contributed by atoms with Crippen molar-refractivity contribution >= 4 is 33.4 Å². The molecule has 0 saturated carbocycles. The molecule has 0 heterocycles. The summed E-state index contributed by atoms with van der Waals surface area (Å²) in [6.07, 6.45) is -0.717. The number of rotatable bonds is 6. The topological polar surface area (TPSA) is 0 Å². The zero-order valence-electron chi connectivity index (χ0n) is 16.8. The molecule has 0 spiro atoms. The van der Waals surface area contributed by atoms with Gasteiger partial charge in [0.05, 0.1) is 0 Å². The molecule has 0 unspecified atom stereocenters.